The van der Waals surface area contributed by atoms with Crippen molar-refractivity contribution >= 4 is 44.1 Å². The Balaban J connectivity index is 1.88. The van der Waals surface area contributed by atoms with Gasteiger partial charge in [-0.05, 0) is 36.2 Å². The number of halogens is 2. The van der Waals surface area contributed by atoms with Gasteiger partial charge in [-0.15, -0.1) is 0 Å². The van der Waals surface area contributed by atoms with Crippen molar-refractivity contribution in [3.8, 4) is 0 Å². The van der Waals surface area contributed by atoms with Crippen molar-refractivity contribution in [2.45, 2.75) is 13.5 Å². The normalized spacial score (nSPS) is 10.8. The number of pyridine rings is 2. The van der Waals surface area contributed by atoms with E-state index in [9.17, 15) is 0 Å². The molecule has 3 aromatic rings. The Kier molecular flexibility index (Phi) is 4.08. The second-order valence-corrected chi connectivity index (χ2v) is 6.00. The van der Waals surface area contributed by atoms with Crippen molar-refractivity contribution in [2.24, 2.45) is 0 Å². The summed E-state index contributed by atoms with van der Waals surface area (Å²) in [4.78, 5) is 8.63. The third kappa shape index (κ3) is 3.01. The molecule has 0 aliphatic heterocycles. The lowest BCUT2D eigenvalue weighted by molar-refractivity contribution is 1.13. The van der Waals surface area contributed by atoms with E-state index in [1.807, 2.05) is 31.3 Å². The van der Waals surface area contributed by atoms with Crippen molar-refractivity contribution in [1.82, 2.24) is 9.97 Å². The van der Waals surface area contributed by atoms with Crippen LogP contribution < -0.4 is 5.32 Å². The highest BCUT2D eigenvalue weighted by Gasteiger charge is 2.06. The average Bonchev–Trinajstić information content (AvgIpc) is 2.50. The van der Waals surface area contributed by atoms with E-state index in [1.165, 1.54) is 0 Å². The average molecular weight is 363 g/mol. The minimum absolute atomic E-state index is 0.538. The summed E-state index contributed by atoms with van der Waals surface area (Å²) in [5.74, 6) is 0. The van der Waals surface area contributed by atoms with Gasteiger partial charge in [-0.2, -0.15) is 0 Å². The molecule has 0 saturated carbocycles. The maximum atomic E-state index is 5.94. The number of fused-ring (bicyclic) bond motifs is 1. The molecule has 5 heteroatoms. The number of benzene rings is 1. The minimum Gasteiger partial charge on any atom is -0.380 e. The zero-order valence-electron chi connectivity index (χ0n) is 11.4. The van der Waals surface area contributed by atoms with Crippen LogP contribution in [0.15, 0.2) is 47.2 Å². The zero-order valence-corrected chi connectivity index (χ0v) is 13.7. The number of aryl methyl sites for hydroxylation is 1. The van der Waals surface area contributed by atoms with Gasteiger partial charge < -0.3 is 5.32 Å². The van der Waals surface area contributed by atoms with Gasteiger partial charge in [-0.3, -0.25) is 4.98 Å². The van der Waals surface area contributed by atoms with Crippen LogP contribution in [0.25, 0.3) is 10.9 Å². The molecule has 21 heavy (non-hydrogen) atoms. The Hall–Kier alpha value is -1.65. The van der Waals surface area contributed by atoms with E-state index in [0.717, 1.165) is 32.2 Å². The number of hydrogen-bond donors (Lipinski definition) is 1. The summed E-state index contributed by atoms with van der Waals surface area (Å²) in [5, 5.41) is 5.02. The molecule has 0 saturated heterocycles. The zero-order chi connectivity index (χ0) is 14.8. The van der Waals surface area contributed by atoms with Gasteiger partial charge in [0.05, 0.1) is 17.4 Å². The maximum Gasteiger partial charge on any atom is 0.132 e. The van der Waals surface area contributed by atoms with Gasteiger partial charge in [0.15, 0.2) is 0 Å². The Labute approximate surface area is 136 Å². The lowest BCUT2D eigenvalue weighted by Gasteiger charge is -2.10. The second-order valence-electron chi connectivity index (χ2n) is 4.79. The molecule has 0 amide bonds. The molecule has 0 fully saturated rings. The van der Waals surface area contributed by atoms with Gasteiger partial charge in [0.1, 0.15) is 5.15 Å². The first-order chi connectivity index (χ1) is 10.1. The van der Waals surface area contributed by atoms with Crippen LogP contribution in [0.1, 0.15) is 11.1 Å². The Morgan fingerprint density at radius 3 is 2.90 bits per heavy atom. The van der Waals surface area contributed by atoms with E-state index >= 15 is 0 Å². The van der Waals surface area contributed by atoms with Crippen molar-refractivity contribution in [3.63, 3.8) is 0 Å². The molecule has 1 N–H and O–H groups in total. The summed E-state index contributed by atoms with van der Waals surface area (Å²) >= 11 is 9.50. The van der Waals surface area contributed by atoms with E-state index in [-0.39, 0.29) is 0 Å². The lowest BCUT2D eigenvalue weighted by atomic mass is 10.1. The van der Waals surface area contributed by atoms with Crippen molar-refractivity contribution < 1.29 is 0 Å². The van der Waals surface area contributed by atoms with Gasteiger partial charge in [-0.25, -0.2) is 4.98 Å². The molecule has 1 aromatic carbocycles. The molecule has 0 unspecified atom stereocenters. The molecule has 3 nitrogen and oxygen atoms in total. The molecule has 0 atom stereocenters. The van der Waals surface area contributed by atoms with Crippen molar-refractivity contribution in [2.75, 3.05) is 5.32 Å². The first-order valence-corrected chi connectivity index (χ1v) is 7.70. The lowest BCUT2D eigenvalue weighted by Crippen LogP contribution is -2.02. The van der Waals surface area contributed by atoms with Crippen LogP contribution in [-0.2, 0) is 6.54 Å². The highest BCUT2D eigenvalue weighted by Crippen LogP contribution is 2.26. The monoisotopic (exact) mass is 361 g/mol. The minimum atomic E-state index is 0.538. The Morgan fingerprint density at radius 1 is 1.24 bits per heavy atom. The number of aromatic nitrogens is 2. The third-order valence-corrected chi connectivity index (χ3v) is 4.38. The summed E-state index contributed by atoms with van der Waals surface area (Å²) in [7, 11) is 0. The number of anilines is 1. The first-order valence-electron chi connectivity index (χ1n) is 6.53. The molecular weight excluding hydrogens is 350 g/mol. The fraction of sp³-hybridized carbons (Fsp3) is 0.125. The SMILES string of the molecule is Cc1cc(NCc2ccc(Br)c3cccnc23)cnc1Cl. The topological polar surface area (TPSA) is 37.8 Å². The highest BCUT2D eigenvalue weighted by atomic mass is 79.9. The van der Waals surface area contributed by atoms with Crippen molar-refractivity contribution in [1.29, 1.82) is 0 Å². The maximum absolute atomic E-state index is 5.94. The summed E-state index contributed by atoms with van der Waals surface area (Å²) in [5.41, 5.74) is 4.05. The summed E-state index contributed by atoms with van der Waals surface area (Å²) in [6.45, 7) is 2.63. The first kappa shape index (κ1) is 14.3. The highest BCUT2D eigenvalue weighted by molar-refractivity contribution is 9.10. The van der Waals surface area contributed by atoms with Crippen LogP contribution in [0.3, 0.4) is 0 Å². The van der Waals surface area contributed by atoms with E-state index in [4.69, 9.17) is 11.6 Å². The third-order valence-electron chi connectivity index (χ3n) is 3.30. The fourth-order valence-corrected chi connectivity index (χ4v) is 2.75. The van der Waals surface area contributed by atoms with Crippen LogP contribution in [0, 0.1) is 6.92 Å². The van der Waals surface area contributed by atoms with Gasteiger partial charge in [0.25, 0.3) is 0 Å². The van der Waals surface area contributed by atoms with Gasteiger partial charge in [0, 0.05) is 22.6 Å². The van der Waals surface area contributed by atoms with Crippen LogP contribution in [0.4, 0.5) is 5.69 Å². The van der Waals surface area contributed by atoms with Crippen molar-refractivity contribution in [3.05, 3.63) is 63.5 Å². The Bertz CT molecular complexity index is 805. The molecule has 2 heterocycles. The molecule has 0 bridgehead atoms. The number of nitrogens with zero attached hydrogens (tertiary/aromatic N) is 2. The van der Waals surface area contributed by atoms with Crippen LogP contribution >= 0.6 is 27.5 Å². The second kappa shape index (κ2) is 6.00. The smallest absolute Gasteiger partial charge is 0.132 e. The molecule has 0 aliphatic rings. The van der Waals surface area contributed by atoms with Gasteiger partial charge in [-0.1, -0.05) is 39.7 Å². The van der Waals surface area contributed by atoms with Gasteiger partial charge in [0.2, 0.25) is 0 Å². The molecule has 3 rings (SSSR count). The summed E-state index contributed by atoms with van der Waals surface area (Å²) in [6.07, 6.45) is 3.55. The van der Waals surface area contributed by atoms with E-state index in [2.05, 4.69) is 43.3 Å². The largest absolute Gasteiger partial charge is 0.380 e. The quantitative estimate of drug-likeness (QED) is 0.669. The number of nitrogens with one attached hydrogen (secondary N) is 1. The molecule has 106 valence electrons. The predicted octanol–water partition coefficient (Wildman–Crippen LogP) is 4.97. The Morgan fingerprint density at radius 2 is 2.10 bits per heavy atom. The number of hydrogen-bond acceptors (Lipinski definition) is 3. The van der Waals surface area contributed by atoms with Crippen LogP contribution in [0.2, 0.25) is 5.15 Å². The van der Waals surface area contributed by atoms with E-state index in [1.54, 1.807) is 6.20 Å². The molecule has 2 aromatic heterocycles. The molecule has 0 spiro atoms. The number of rotatable bonds is 3. The molecule has 0 radical (unpaired) electrons. The summed E-state index contributed by atoms with van der Waals surface area (Å²) < 4.78 is 1.05. The standard InChI is InChI=1S/C16H13BrClN3/c1-10-7-12(9-21-16(10)18)20-8-11-4-5-14(17)13-3-2-6-19-15(11)13/h2-7,9,20H,8H2,1H3. The molecular formula is C16H13BrClN3. The predicted molar refractivity (Wildman–Crippen MR) is 90.8 cm³/mol. The van der Waals surface area contributed by atoms with E-state index in [0.29, 0.717) is 11.7 Å². The van der Waals surface area contributed by atoms with Crippen LogP contribution in [0.5, 0.6) is 0 Å². The summed E-state index contributed by atoms with van der Waals surface area (Å²) in [6, 6.07) is 10.1. The van der Waals surface area contributed by atoms with Crippen LogP contribution in [-0.4, -0.2) is 9.97 Å². The molecule has 0 aliphatic carbocycles. The van der Waals surface area contributed by atoms with Gasteiger partial charge >= 0.3 is 0 Å². The van der Waals surface area contributed by atoms with E-state index < -0.39 is 0 Å². The fourth-order valence-electron chi connectivity index (χ4n) is 2.19.